The molecule has 1 saturated heterocycles. The Kier molecular flexibility index (Phi) is 9.35. The normalized spacial score (nSPS) is 14.6. The highest BCUT2D eigenvalue weighted by molar-refractivity contribution is 5.76. The smallest absolute Gasteiger partial charge is 0.410 e. The Morgan fingerprint density at radius 2 is 1.50 bits per heavy atom. The number of carbonyl (C=O) groups excluding carboxylic acids is 2. The first kappa shape index (κ1) is 27.5. The molecule has 0 radical (unpaired) electrons. The van der Waals surface area contributed by atoms with E-state index < -0.39 is 5.60 Å². The first-order valence-electron chi connectivity index (χ1n) is 12.7. The first-order valence-corrected chi connectivity index (χ1v) is 12.7. The van der Waals surface area contributed by atoms with E-state index in [0.717, 1.165) is 29.7 Å². The van der Waals surface area contributed by atoms with Crippen molar-refractivity contribution in [3.8, 4) is 5.75 Å². The number of ether oxygens (including phenoxy) is 2. The molecule has 0 bridgehead atoms. The minimum Gasteiger partial charge on any atom is -0.491 e. The van der Waals surface area contributed by atoms with Crippen LogP contribution in [-0.4, -0.2) is 46.6 Å². The molecule has 0 N–H and O–H groups in total. The lowest BCUT2D eigenvalue weighted by Crippen LogP contribution is -2.42. The number of rotatable bonds is 8. The summed E-state index contributed by atoms with van der Waals surface area (Å²) in [6, 6.07) is 14.1. The van der Waals surface area contributed by atoms with Crippen LogP contribution in [-0.2, 0) is 22.6 Å². The molecule has 6 nitrogen and oxygen atoms in total. The standard InChI is InChI=1S/C29H39FN2O4/c1-21(2)35-26-12-8-24(9-13-26)20-32(19-23-6-10-25(30)11-7-23)27(33)18-22-14-16-31(17-15-22)28(34)36-29(3,4)5/h6-13,21-22H,14-20H2,1-5H3. The third-order valence-corrected chi connectivity index (χ3v) is 6.04. The van der Waals surface area contributed by atoms with Crippen molar-refractivity contribution in [2.24, 2.45) is 5.92 Å². The molecule has 36 heavy (non-hydrogen) atoms. The summed E-state index contributed by atoms with van der Waals surface area (Å²) in [6.07, 6.45) is 1.73. The van der Waals surface area contributed by atoms with Crippen molar-refractivity contribution in [3.05, 3.63) is 65.5 Å². The van der Waals surface area contributed by atoms with Gasteiger partial charge < -0.3 is 19.3 Å². The van der Waals surface area contributed by atoms with Crippen LogP contribution in [0.4, 0.5) is 9.18 Å². The summed E-state index contributed by atoms with van der Waals surface area (Å²) in [7, 11) is 0. The van der Waals surface area contributed by atoms with Crippen molar-refractivity contribution >= 4 is 12.0 Å². The van der Waals surface area contributed by atoms with Gasteiger partial charge in [0.15, 0.2) is 0 Å². The molecule has 1 heterocycles. The van der Waals surface area contributed by atoms with Crippen LogP contribution in [0, 0.1) is 11.7 Å². The predicted molar refractivity (Wildman–Crippen MR) is 138 cm³/mol. The molecule has 0 unspecified atom stereocenters. The van der Waals surface area contributed by atoms with E-state index in [1.54, 1.807) is 17.0 Å². The molecule has 2 amide bonds. The molecule has 1 aliphatic rings. The van der Waals surface area contributed by atoms with Crippen molar-refractivity contribution in [2.75, 3.05) is 13.1 Å². The Labute approximate surface area is 214 Å². The number of halogens is 1. The van der Waals surface area contributed by atoms with Crippen LogP contribution in [0.25, 0.3) is 0 Å². The number of carbonyl (C=O) groups is 2. The van der Waals surface area contributed by atoms with Crippen LogP contribution in [0.15, 0.2) is 48.5 Å². The zero-order valence-corrected chi connectivity index (χ0v) is 22.1. The fraction of sp³-hybridized carbons (Fsp3) is 0.517. The Bertz CT molecular complexity index is 991. The Morgan fingerprint density at radius 1 is 0.972 bits per heavy atom. The lowest BCUT2D eigenvalue weighted by molar-refractivity contribution is -0.133. The molecule has 1 fully saturated rings. The summed E-state index contributed by atoms with van der Waals surface area (Å²) in [5, 5.41) is 0. The topological polar surface area (TPSA) is 59.1 Å². The third-order valence-electron chi connectivity index (χ3n) is 6.04. The molecule has 0 aliphatic carbocycles. The second-order valence-corrected chi connectivity index (χ2v) is 10.8. The predicted octanol–water partition coefficient (Wildman–Crippen LogP) is 6.18. The molecule has 2 aromatic rings. The summed E-state index contributed by atoms with van der Waals surface area (Å²) in [5.74, 6) is 0.752. The van der Waals surface area contributed by atoms with Gasteiger partial charge in [0.25, 0.3) is 0 Å². The van der Waals surface area contributed by atoms with Gasteiger partial charge >= 0.3 is 6.09 Å². The average Bonchev–Trinajstić information content (AvgIpc) is 2.80. The molecule has 7 heteroatoms. The van der Waals surface area contributed by atoms with Crippen LogP contribution in [0.3, 0.4) is 0 Å². The zero-order chi connectivity index (χ0) is 26.3. The minimum absolute atomic E-state index is 0.0533. The summed E-state index contributed by atoms with van der Waals surface area (Å²) >= 11 is 0. The van der Waals surface area contributed by atoms with Crippen molar-refractivity contribution < 1.29 is 23.5 Å². The quantitative estimate of drug-likeness (QED) is 0.436. The van der Waals surface area contributed by atoms with Crippen LogP contribution in [0.1, 0.15) is 65.0 Å². The van der Waals surface area contributed by atoms with Crippen LogP contribution in [0.2, 0.25) is 0 Å². The second-order valence-electron chi connectivity index (χ2n) is 10.8. The molecule has 0 aromatic heterocycles. The van der Waals surface area contributed by atoms with E-state index >= 15 is 0 Å². The van der Waals surface area contributed by atoms with E-state index in [1.165, 1.54) is 12.1 Å². The van der Waals surface area contributed by atoms with Gasteiger partial charge in [-0.1, -0.05) is 24.3 Å². The number of likely N-dealkylation sites (tertiary alicyclic amines) is 1. The van der Waals surface area contributed by atoms with Crippen molar-refractivity contribution in [1.29, 1.82) is 0 Å². The summed E-state index contributed by atoms with van der Waals surface area (Å²) in [4.78, 5) is 29.3. The summed E-state index contributed by atoms with van der Waals surface area (Å²) in [5.41, 5.74) is 1.36. The van der Waals surface area contributed by atoms with E-state index in [-0.39, 0.29) is 29.8 Å². The fourth-order valence-electron chi connectivity index (χ4n) is 4.23. The number of hydrogen-bond acceptors (Lipinski definition) is 4. The van der Waals surface area contributed by atoms with Crippen molar-refractivity contribution in [2.45, 2.75) is 78.7 Å². The van der Waals surface area contributed by atoms with Gasteiger partial charge in [0.1, 0.15) is 17.2 Å². The van der Waals surface area contributed by atoms with Crippen molar-refractivity contribution in [1.82, 2.24) is 9.80 Å². The summed E-state index contributed by atoms with van der Waals surface area (Å²) in [6.45, 7) is 11.6. The van der Waals surface area contributed by atoms with Crippen LogP contribution in [0.5, 0.6) is 5.75 Å². The minimum atomic E-state index is -0.524. The molecule has 196 valence electrons. The number of amides is 2. The van der Waals surface area contributed by atoms with E-state index in [2.05, 4.69) is 0 Å². The average molecular weight is 499 g/mol. The van der Waals surface area contributed by atoms with Gasteiger partial charge in [0, 0.05) is 32.6 Å². The molecular weight excluding hydrogens is 459 g/mol. The zero-order valence-electron chi connectivity index (χ0n) is 22.1. The SMILES string of the molecule is CC(C)Oc1ccc(CN(Cc2ccc(F)cc2)C(=O)CC2CCN(C(=O)OC(C)(C)C)CC2)cc1. The number of piperidine rings is 1. The van der Waals surface area contributed by atoms with E-state index in [9.17, 15) is 14.0 Å². The van der Waals surface area contributed by atoms with Gasteiger partial charge in [0.05, 0.1) is 6.10 Å². The highest BCUT2D eigenvalue weighted by Crippen LogP contribution is 2.25. The monoisotopic (exact) mass is 498 g/mol. The Hall–Kier alpha value is -3.09. The largest absolute Gasteiger partial charge is 0.491 e. The van der Waals surface area contributed by atoms with E-state index in [1.807, 2.05) is 63.8 Å². The molecule has 2 aromatic carbocycles. The molecule has 1 aliphatic heterocycles. The van der Waals surface area contributed by atoms with Gasteiger partial charge in [0.2, 0.25) is 5.91 Å². The molecular formula is C29H39FN2O4. The van der Waals surface area contributed by atoms with E-state index in [4.69, 9.17) is 9.47 Å². The summed E-state index contributed by atoms with van der Waals surface area (Å²) < 4.78 is 24.6. The van der Waals surface area contributed by atoms with Gasteiger partial charge in [-0.25, -0.2) is 9.18 Å². The lowest BCUT2D eigenvalue weighted by atomic mass is 9.93. The maximum atomic E-state index is 13.4. The Morgan fingerprint density at radius 3 is 2.00 bits per heavy atom. The van der Waals surface area contributed by atoms with Gasteiger partial charge in [-0.15, -0.1) is 0 Å². The number of benzene rings is 2. The number of nitrogens with zero attached hydrogens (tertiary/aromatic N) is 2. The van der Waals surface area contributed by atoms with Gasteiger partial charge in [-0.05, 0) is 88.8 Å². The molecule has 3 rings (SSSR count). The first-order chi connectivity index (χ1) is 17.0. The Balaban J connectivity index is 1.63. The van der Waals surface area contributed by atoms with Gasteiger partial charge in [-0.2, -0.15) is 0 Å². The third kappa shape index (κ3) is 8.85. The molecule has 0 saturated carbocycles. The maximum absolute atomic E-state index is 13.4. The highest BCUT2D eigenvalue weighted by atomic mass is 19.1. The molecule has 0 spiro atoms. The fourth-order valence-corrected chi connectivity index (χ4v) is 4.23. The lowest BCUT2D eigenvalue weighted by Gasteiger charge is -2.34. The van der Waals surface area contributed by atoms with Crippen LogP contribution < -0.4 is 4.74 Å². The van der Waals surface area contributed by atoms with E-state index in [0.29, 0.717) is 32.6 Å². The number of hydrogen-bond donors (Lipinski definition) is 0. The van der Waals surface area contributed by atoms with Gasteiger partial charge in [-0.3, -0.25) is 4.79 Å². The van der Waals surface area contributed by atoms with Crippen LogP contribution >= 0.6 is 0 Å². The molecule has 0 atom stereocenters. The maximum Gasteiger partial charge on any atom is 0.410 e. The highest BCUT2D eigenvalue weighted by Gasteiger charge is 2.29. The van der Waals surface area contributed by atoms with Crippen molar-refractivity contribution in [3.63, 3.8) is 0 Å². The second kappa shape index (κ2) is 12.2.